The SMILES string of the molecule is Cc1cc(NS(=O)(=O)c2cc(Cl)c(N[C@@H](C)c3ccccc3Cl)cc2F)ncn1. The molecule has 0 amide bonds. The molecule has 29 heavy (non-hydrogen) atoms. The van der Waals surface area contributed by atoms with E-state index in [1.807, 2.05) is 19.1 Å². The van der Waals surface area contributed by atoms with Gasteiger partial charge in [-0.1, -0.05) is 41.4 Å². The maximum atomic E-state index is 14.7. The van der Waals surface area contributed by atoms with Crippen molar-refractivity contribution in [2.24, 2.45) is 0 Å². The average Bonchev–Trinajstić information content (AvgIpc) is 2.64. The van der Waals surface area contributed by atoms with E-state index in [0.29, 0.717) is 10.7 Å². The first-order chi connectivity index (χ1) is 13.7. The van der Waals surface area contributed by atoms with E-state index in [2.05, 4.69) is 20.0 Å². The summed E-state index contributed by atoms with van der Waals surface area (Å²) in [6.07, 6.45) is 1.21. The van der Waals surface area contributed by atoms with Gasteiger partial charge in [-0.15, -0.1) is 0 Å². The third-order valence-electron chi connectivity index (χ3n) is 4.10. The van der Waals surface area contributed by atoms with Gasteiger partial charge in [0.2, 0.25) is 0 Å². The van der Waals surface area contributed by atoms with E-state index < -0.39 is 20.7 Å². The molecule has 0 saturated heterocycles. The maximum Gasteiger partial charge on any atom is 0.266 e. The van der Waals surface area contributed by atoms with Crippen LogP contribution in [0.3, 0.4) is 0 Å². The predicted octanol–water partition coefficient (Wildman–Crippen LogP) is 5.20. The van der Waals surface area contributed by atoms with Crippen molar-refractivity contribution in [2.45, 2.75) is 24.8 Å². The Morgan fingerprint density at radius 2 is 1.79 bits per heavy atom. The molecule has 0 saturated carbocycles. The molecule has 0 aliphatic heterocycles. The van der Waals surface area contributed by atoms with Crippen LogP contribution in [-0.4, -0.2) is 18.4 Å². The number of nitrogens with one attached hydrogen (secondary N) is 2. The van der Waals surface area contributed by atoms with Crippen LogP contribution < -0.4 is 10.0 Å². The summed E-state index contributed by atoms with van der Waals surface area (Å²) >= 11 is 12.4. The Kier molecular flexibility index (Phi) is 6.26. The molecule has 0 aliphatic rings. The summed E-state index contributed by atoms with van der Waals surface area (Å²) in [5.41, 5.74) is 1.60. The molecular weight excluding hydrogens is 438 g/mol. The quantitative estimate of drug-likeness (QED) is 0.534. The van der Waals surface area contributed by atoms with Gasteiger partial charge in [-0.2, -0.15) is 0 Å². The van der Waals surface area contributed by atoms with Gasteiger partial charge < -0.3 is 5.32 Å². The second kappa shape index (κ2) is 8.52. The van der Waals surface area contributed by atoms with Crippen LogP contribution in [0.2, 0.25) is 10.0 Å². The van der Waals surface area contributed by atoms with Crippen LogP contribution in [-0.2, 0) is 10.0 Å². The lowest BCUT2D eigenvalue weighted by molar-refractivity contribution is 0.570. The molecule has 2 N–H and O–H groups in total. The Balaban J connectivity index is 1.88. The monoisotopic (exact) mass is 454 g/mol. The highest BCUT2D eigenvalue weighted by atomic mass is 35.5. The van der Waals surface area contributed by atoms with Crippen LogP contribution in [0.5, 0.6) is 0 Å². The van der Waals surface area contributed by atoms with Gasteiger partial charge >= 0.3 is 0 Å². The number of rotatable bonds is 6. The van der Waals surface area contributed by atoms with E-state index in [-0.39, 0.29) is 22.6 Å². The number of aromatic nitrogens is 2. The molecule has 0 fully saturated rings. The zero-order chi connectivity index (χ0) is 21.2. The summed E-state index contributed by atoms with van der Waals surface area (Å²) in [4.78, 5) is 7.12. The first kappa shape index (κ1) is 21.3. The smallest absolute Gasteiger partial charge is 0.266 e. The molecule has 0 unspecified atom stereocenters. The minimum absolute atomic E-state index is 0.0302. The molecule has 1 aromatic heterocycles. The normalized spacial score (nSPS) is 12.4. The average molecular weight is 455 g/mol. The molecule has 6 nitrogen and oxygen atoms in total. The number of benzene rings is 2. The fourth-order valence-electron chi connectivity index (χ4n) is 2.69. The number of halogens is 3. The highest BCUT2D eigenvalue weighted by Crippen LogP contribution is 2.32. The molecule has 152 valence electrons. The van der Waals surface area contributed by atoms with Crippen molar-refractivity contribution in [3.63, 3.8) is 0 Å². The Morgan fingerprint density at radius 3 is 2.48 bits per heavy atom. The fraction of sp³-hybridized carbons (Fsp3) is 0.158. The van der Waals surface area contributed by atoms with E-state index in [0.717, 1.165) is 17.7 Å². The molecule has 10 heteroatoms. The van der Waals surface area contributed by atoms with Crippen molar-refractivity contribution in [2.75, 3.05) is 10.0 Å². The summed E-state index contributed by atoms with van der Waals surface area (Å²) < 4.78 is 42.0. The zero-order valence-corrected chi connectivity index (χ0v) is 17.8. The molecule has 1 heterocycles. The van der Waals surface area contributed by atoms with E-state index in [4.69, 9.17) is 23.2 Å². The van der Waals surface area contributed by atoms with Crippen molar-refractivity contribution in [3.05, 3.63) is 75.9 Å². The van der Waals surface area contributed by atoms with Gasteiger partial charge in [-0.05, 0) is 37.6 Å². The topological polar surface area (TPSA) is 84.0 Å². The third-order valence-corrected chi connectivity index (χ3v) is 6.12. The van der Waals surface area contributed by atoms with Crippen LogP contribution in [0, 0.1) is 12.7 Å². The standard InChI is InChI=1S/C19H17Cl2FN4O2S/c1-11-7-19(24-10-23-11)26-29(27,28)18-8-15(21)17(9-16(18)22)25-12(2)13-5-3-4-6-14(13)20/h3-10,12,25H,1-2H3,(H,23,24,26)/t12-/m0/s1. The highest BCUT2D eigenvalue weighted by Gasteiger charge is 2.23. The molecule has 0 spiro atoms. The van der Waals surface area contributed by atoms with Crippen LogP contribution >= 0.6 is 23.2 Å². The molecule has 3 rings (SSSR count). The van der Waals surface area contributed by atoms with Crippen LogP contribution in [0.25, 0.3) is 0 Å². The minimum atomic E-state index is -4.24. The molecule has 0 aliphatic carbocycles. The van der Waals surface area contributed by atoms with Crippen LogP contribution in [0.15, 0.2) is 53.7 Å². The van der Waals surface area contributed by atoms with Gasteiger partial charge in [-0.25, -0.2) is 22.8 Å². The van der Waals surface area contributed by atoms with Gasteiger partial charge in [0.1, 0.15) is 22.9 Å². The Bertz CT molecular complexity index is 1160. The van der Waals surface area contributed by atoms with Crippen molar-refractivity contribution in [1.29, 1.82) is 0 Å². The molecule has 3 aromatic rings. The van der Waals surface area contributed by atoms with E-state index in [1.165, 1.54) is 12.4 Å². The number of anilines is 2. The second-order valence-corrected chi connectivity index (χ2v) is 8.77. The highest BCUT2D eigenvalue weighted by molar-refractivity contribution is 7.92. The van der Waals surface area contributed by atoms with Gasteiger partial charge in [0.25, 0.3) is 10.0 Å². The first-order valence-corrected chi connectivity index (χ1v) is 10.7. The first-order valence-electron chi connectivity index (χ1n) is 8.49. The lowest BCUT2D eigenvalue weighted by Gasteiger charge is -2.19. The Morgan fingerprint density at radius 1 is 1.07 bits per heavy atom. The summed E-state index contributed by atoms with van der Waals surface area (Å²) in [6.45, 7) is 3.51. The Labute approximate surface area is 178 Å². The fourth-order valence-corrected chi connectivity index (χ4v) is 4.35. The van der Waals surface area contributed by atoms with Gasteiger partial charge in [0.05, 0.1) is 16.8 Å². The third kappa shape index (κ3) is 4.95. The molecule has 1 atom stereocenters. The van der Waals surface area contributed by atoms with Crippen molar-refractivity contribution in [3.8, 4) is 0 Å². The van der Waals surface area contributed by atoms with Gasteiger partial charge in [0.15, 0.2) is 0 Å². The maximum absolute atomic E-state index is 14.7. The predicted molar refractivity (Wildman–Crippen MR) is 112 cm³/mol. The number of hydrogen-bond acceptors (Lipinski definition) is 5. The Hall–Kier alpha value is -2.42. The van der Waals surface area contributed by atoms with Crippen LogP contribution in [0.4, 0.5) is 15.9 Å². The minimum Gasteiger partial charge on any atom is -0.377 e. The summed E-state index contributed by atoms with van der Waals surface area (Å²) in [7, 11) is -4.24. The molecule has 2 aromatic carbocycles. The summed E-state index contributed by atoms with van der Waals surface area (Å²) in [5, 5.41) is 3.65. The van der Waals surface area contributed by atoms with Gasteiger partial charge in [0, 0.05) is 16.8 Å². The number of aryl methyl sites for hydroxylation is 1. The number of sulfonamides is 1. The summed E-state index contributed by atoms with van der Waals surface area (Å²) in [6, 6.07) is 10.4. The van der Waals surface area contributed by atoms with Crippen LogP contribution in [0.1, 0.15) is 24.2 Å². The van der Waals surface area contributed by atoms with E-state index in [1.54, 1.807) is 19.1 Å². The zero-order valence-electron chi connectivity index (χ0n) is 15.4. The van der Waals surface area contributed by atoms with Crippen molar-refractivity contribution < 1.29 is 12.8 Å². The number of nitrogens with zero attached hydrogens (tertiary/aromatic N) is 2. The lowest BCUT2D eigenvalue weighted by Crippen LogP contribution is -2.16. The second-order valence-electron chi connectivity index (χ2n) is 6.30. The largest absolute Gasteiger partial charge is 0.377 e. The summed E-state index contributed by atoms with van der Waals surface area (Å²) in [5.74, 6) is -0.927. The number of hydrogen-bond donors (Lipinski definition) is 2. The molecule has 0 bridgehead atoms. The molecule has 0 radical (unpaired) electrons. The van der Waals surface area contributed by atoms with Crippen molar-refractivity contribution >= 4 is 44.7 Å². The van der Waals surface area contributed by atoms with Gasteiger partial charge in [-0.3, -0.25) is 4.72 Å². The lowest BCUT2D eigenvalue weighted by atomic mass is 10.1. The molecular formula is C19H17Cl2FN4O2S. The van der Waals surface area contributed by atoms with Crippen molar-refractivity contribution in [1.82, 2.24) is 9.97 Å². The van der Waals surface area contributed by atoms with E-state index in [9.17, 15) is 12.8 Å². The van der Waals surface area contributed by atoms with E-state index >= 15 is 0 Å².